The van der Waals surface area contributed by atoms with Crippen LogP contribution in [0.2, 0.25) is 0 Å². The molecule has 1 fully saturated rings. The summed E-state index contributed by atoms with van der Waals surface area (Å²) in [6.07, 6.45) is -0.833. The second-order valence-corrected chi connectivity index (χ2v) is 6.00. The molecule has 23 heavy (non-hydrogen) atoms. The lowest BCUT2D eigenvalue weighted by Crippen LogP contribution is -2.50. The van der Waals surface area contributed by atoms with E-state index >= 15 is 0 Å². The van der Waals surface area contributed by atoms with Crippen LogP contribution in [-0.2, 0) is 16.1 Å². The summed E-state index contributed by atoms with van der Waals surface area (Å²) in [6, 6.07) is 5.34. The van der Waals surface area contributed by atoms with E-state index in [1.54, 1.807) is 19.1 Å². The van der Waals surface area contributed by atoms with E-state index in [4.69, 9.17) is 0 Å². The highest BCUT2D eigenvalue weighted by Crippen LogP contribution is 2.27. The summed E-state index contributed by atoms with van der Waals surface area (Å²) in [4.78, 5) is 38.9. The maximum absolute atomic E-state index is 12.6. The van der Waals surface area contributed by atoms with E-state index in [-0.39, 0.29) is 18.9 Å². The molecule has 2 heterocycles. The molecule has 0 radical (unpaired) electrons. The van der Waals surface area contributed by atoms with Crippen molar-refractivity contribution < 1.29 is 24.6 Å². The van der Waals surface area contributed by atoms with Crippen molar-refractivity contribution in [2.75, 3.05) is 6.54 Å². The number of carboxylic acids is 1. The monoisotopic (exact) mass is 318 g/mol. The van der Waals surface area contributed by atoms with Crippen LogP contribution in [0.5, 0.6) is 0 Å². The fourth-order valence-electron chi connectivity index (χ4n) is 3.25. The Bertz CT molecular complexity index is 674. The van der Waals surface area contributed by atoms with Gasteiger partial charge in [0.15, 0.2) is 0 Å². The number of nitrogens with zero attached hydrogens (tertiary/aromatic N) is 2. The molecule has 2 aliphatic heterocycles. The zero-order chi connectivity index (χ0) is 16.7. The number of β-amino-alcohol motifs (C(OH)–C–C–N with tert-alkyl or cyclic N) is 1. The minimum atomic E-state index is -1.14. The Morgan fingerprint density at radius 3 is 2.65 bits per heavy atom. The Kier molecular flexibility index (Phi) is 3.81. The molecule has 3 rings (SSSR count). The molecule has 2 amide bonds. The number of amides is 2. The van der Waals surface area contributed by atoms with Gasteiger partial charge in [-0.05, 0) is 18.6 Å². The van der Waals surface area contributed by atoms with Gasteiger partial charge >= 0.3 is 5.97 Å². The first-order valence-corrected chi connectivity index (χ1v) is 7.50. The standard InChI is InChI=1S/C16H18N2O5/c1-9(14(20)18-8-11(19)6-13(18)16(22)23)17-7-10-4-2-3-5-12(10)15(17)21/h2-5,9,11,13,19H,6-8H2,1H3,(H,22,23)/t9-,11?,13?/m0/s1. The van der Waals surface area contributed by atoms with Crippen molar-refractivity contribution in [2.45, 2.75) is 38.1 Å². The van der Waals surface area contributed by atoms with Gasteiger partial charge in [-0.2, -0.15) is 0 Å². The lowest BCUT2D eigenvalue weighted by atomic mass is 10.1. The molecule has 0 aromatic heterocycles. The number of rotatable bonds is 3. The predicted octanol–water partition coefficient (Wildman–Crippen LogP) is 0.0773. The van der Waals surface area contributed by atoms with E-state index in [1.165, 1.54) is 4.90 Å². The Labute approximate surface area is 133 Å². The van der Waals surface area contributed by atoms with E-state index in [1.807, 2.05) is 12.1 Å². The molecule has 0 saturated carbocycles. The van der Waals surface area contributed by atoms with Crippen LogP contribution in [0, 0.1) is 0 Å². The Morgan fingerprint density at radius 1 is 1.30 bits per heavy atom. The third kappa shape index (κ3) is 2.57. The molecular weight excluding hydrogens is 300 g/mol. The number of aliphatic hydroxyl groups excluding tert-OH is 1. The molecule has 122 valence electrons. The summed E-state index contributed by atoms with van der Waals surface area (Å²) in [5.74, 6) is -1.82. The summed E-state index contributed by atoms with van der Waals surface area (Å²) in [7, 11) is 0. The number of aliphatic carboxylic acids is 1. The second-order valence-electron chi connectivity index (χ2n) is 6.00. The summed E-state index contributed by atoms with van der Waals surface area (Å²) < 4.78 is 0. The van der Waals surface area contributed by atoms with E-state index in [9.17, 15) is 24.6 Å². The molecule has 1 aromatic rings. The van der Waals surface area contributed by atoms with Crippen molar-refractivity contribution in [3.63, 3.8) is 0 Å². The number of benzene rings is 1. The minimum absolute atomic E-state index is 0.0158. The molecule has 0 aliphatic carbocycles. The third-order valence-electron chi connectivity index (χ3n) is 4.52. The molecule has 1 saturated heterocycles. The van der Waals surface area contributed by atoms with E-state index in [0.29, 0.717) is 12.1 Å². The summed E-state index contributed by atoms with van der Waals surface area (Å²) in [5, 5.41) is 18.9. The number of hydrogen-bond donors (Lipinski definition) is 2. The van der Waals surface area contributed by atoms with Gasteiger partial charge in [0.2, 0.25) is 5.91 Å². The normalized spacial score (nSPS) is 24.7. The fourth-order valence-corrected chi connectivity index (χ4v) is 3.25. The van der Waals surface area contributed by atoms with Gasteiger partial charge in [-0.25, -0.2) is 4.79 Å². The van der Waals surface area contributed by atoms with Gasteiger partial charge in [0.05, 0.1) is 6.10 Å². The molecular formula is C16H18N2O5. The first-order valence-electron chi connectivity index (χ1n) is 7.50. The van der Waals surface area contributed by atoms with Crippen LogP contribution in [0.25, 0.3) is 0 Å². The summed E-state index contributed by atoms with van der Waals surface area (Å²) >= 11 is 0. The van der Waals surface area contributed by atoms with Crippen molar-refractivity contribution in [1.82, 2.24) is 9.80 Å². The minimum Gasteiger partial charge on any atom is -0.480 e. The molecule has 1 aromatic carbocycles. The van der Waals surface area contributed by atoms with Gasteiger partial charge < -0.3 is 20.0 Å². The van der Waals surface area contributed by atoms with E-state index < -0.39 is 30.1 Å². The molecule has 7 heteroatoms. The number of fused-ring (bicyclic) bond motifs is 1. The molecule has 2 aliphatic rings. The van der Waals surface area contributed by atoms with Crippen molar-refractivity contribution in [3.8, 4) is 0 Å². The van der Waals surface area contributed by atoms with Gasteiger partial charge in [-0.15, -0.1) is 0 Å². The SMILES string of the molecule is C[C@@H](C(=O)N1CC(O)CC1C(=O)O)N1Cc2ccccc2C1=O. The van der Waals surface area contributed by atoms with Crippen molar-refractivity contribution in [2.24, 2.45) is 0 Å². The molecule has 3 atom stereocenters. The fraction of sp³-hybridized carbons (Fsp3) is 0.438. The van der Waals surface area contributed by atoms with Crippen LogP contribution in [0.1, 0.15) is 29.3 Å². The Morgan fingerprint density at radius 2 is 2.00 bits per heavy atom. The van der Waals surface area contributed by atoms with Gasteiger partial charge in [-0.3, -0.25) is 9.59 Å². The number of hydrogen-bond acceptors (Lipinski definition) is 4. The average Bonchev–Trinajstić information content (AvgIpc) is 3.07. The van der Waals surface area contributed by atoms with Gasteiger partial charge in [0, 0.05) is 25.1 Å². The van der Waals surface area contributed by atoms with Crippen LogP contribution < -0.4 is 0 Å². The second kappa shape index (κ2) is 5.66. The van der Waals surface area contributed by atoms with Crippen molar-refractivity contribution >= 4 is 17.8 Å². The van der Waals surface area contributed by atoms with Crippen molar-refractivity contribution in [1.29, 1.82) is 0 Å². The Hall–Kier alpha value is -2.41. The third-order valence-corrected chi connectivity index (χ3v) is 4.52. The van der Waals surface area contributed by atoms with Crippen molar-refractivity contribution in [3.05, 3.63) is 35.4 Å². The highest BCUT2D eigenvalue weighted by Gasteiger charge is 2.43. The number of carbonyl (C=O) groups is 3. The Balaban J connectivity index is 1.79. The zero-order valence-corrected chi connectivity index (χ0v) is 12.7. The topological polar surface area (TPSA) is 98.2 Å². The first-order chi connectivity index (χ1) is 10.9. The van der Waals surface area contributed by atoms with Crippen LogP contribution in [0.15, 0.2) is 24.3 Å². The van der Waals surface area contributed by atoms with Gasteiger partial charge in [-0.1, -0.05) is 18.2 Å². The van der Waals surface area contributed by atoms with E-state index in [0.717, 1.165) is 10.5 Å². The van der Waals surface area contributed by atoms with Gasteiger partial charge in [0.25, 0.3) is 5.91 Å². The average molecular weight is 318 g/mol. The largest absolute Gasteiger partial charge is 0.480 e. The number of carboxylic acid groups (broad SMARTS) is 1. The maximum atomic E-state index is 12.6. The van der Waals surface area contributed by atoms with E-state index in [2.05, 4.69) is 0 Å². The molecule has 0 bridgehead atoms. The number of aliphatic hydroxyl groups is 1. The van der Waals surface area contributed by atoms with Crippen LogP contribution >= 0.6 is 0 Å². The molecule has 7 nitrogen and oxygen atoms in total. The van der Waals surface area contributed by atoms with Crippen LogP contribution in [0.3, 0.4) is 0 Å². The lowest BCUT2D eigenvalue weighted by molar-refractivity contribution is -0.149. The van der Waals surface area contributed by atoms with Gasteiger partial charge in [0.1, 0.15) is 12.1 Å². The molecule has 0 spiro atoms. The predicted molar refractivity (Wildman–Crippen MR) is 79.5 cm³/mol. The number of carbonyl (C=O) groups excluding carboxylic acids is 2. The quantitative estimate of drug-likeness (QED) is 0.822. The maximum Gasteiger partial charge on any atom is 0.326 e. The van der Waals surface area contributed by atoms with Crippen LogP contribution in [-0.4, -0.2) is 62.5 Å². The van der Waals surface area contributed by atoms with Crippen LogP contribution in [0.4, 0.5) is 0 Å². The number of likely N-dealkylation sites (tertiary alicyclic amines) is 1. The highest BCUT2D eigenvalue weighted by molar-refractivity contribution is 6.01. The lowest BCUT2D eigenvalue weighted by Gasteiger charge is -2.29. The summed E-state index contributed by atoms with van der Waals surface area (Å²) in [5.41, 5.74) is 1.43. The highest BCUT2D eigenvalue weighted by atomic mass is 16.4. The molecule has 2 N–H and O–H groups in total. The summed E-state index contributed by atoms with van der Waals surface area (Å²) in [6.45, 7) is 1.90. The smallest absolute Gasteiger partial charge is 0.326 e. The molecule has 2 unspecified atom stereocenters. The zero-order valence-electron chi connectivity index (χ0n) is 12.7. The first kappa shape index (κ1) is 15.5.